The fraction of sp³-hybridized carbons (Fsp3) is 0.583. The molecule has 112 valence electrons. The van der Waals surface area contributed by atoms with Gasteiger partial charge in [-0.05, 0) is 12.8 Å². The second-order valence-corrected chi connectivity index (χ2v) is 5.95. The van der Waals surface area contributed by atoms with Crippen molar-refractivity contribution in [3.05, 3.63) is 12.7 Å². The summed E-state index contributed by atoms with van der Waals surface area (Å²) in [6.45, 7) is 1.28. The molecule has 0 N–H and O–H groups in total. The molecule has 2 fully saturated rings. The van der Waals surface area contributed by atoms with E-state index in [0.29, 0.717) is 25.9 Å². The Morgan fingerprint density at radius 2 is 2.10 bits per heavy atom. The molecule has 0 aromatic carbocycles. The fourth-order valence-corrected chi connectivity index (χ4v) is 3.42. The molecule has 2 aliphatic heterocycles. The first-order chi connectivity index (χ1) is 10.1. The van der Waals surface area contributed by atoms with Crippen molar-refractivity contribution in [2.75, 3.05) is 18.8 Å². The van der Waals surface area contributed by atoms with E-state index in [9.17, 15) is 14.4 Å². The van der Waals surface area contributed by atoms with Crippen molar-refractivity contribution >= 4 is 28.8 Å². The number of thioether (sulfide) groups is 1. The molecule has 8 nitrogen and oxygen atoms in total. The molecule has 3 amide bonds. The van der Waals surface area contributed by atoms with Crippen LogP contribution < -0.4 is 0 Å². The van der Waals surface area contributed by atoms with Crippen LogP contribution >= 0.6 is 11.8 Å². The van der Waals surface area contributed by atoms with E-state index in [1.165, 1.54) is 22.2 Å². The van der Waals surface area contributed by atoms with E-state index in [4.69, 9.17) is 0 Å². The standard InChI is InChI=1S/C12H15N5O3S/c18-10(5-16-8-13-7-14-16)15-3-1-9(2-4-15)17-11(19)6-21-12(17)20/h7-9H,1-6H2. The van der Waals surface area contributed by atoms with Crippen molar-refractivity contribution in [3.63, 3.8) is 0 Å². The molecule has 0 bridgehead atoms. The van der Waals surface area contributed by atoms with Crippen LogP contribution in [0.2, 0.25) is 0 Å². The number of amides is 3. The van der Waals surface area contributed by atoms with Crippen LogP contribution in [0, 0.1) is 0 Å². The highest BCUT2D eigenvalue weighted by molar-refractivity contribution is 8.14. The average Bonchev–Trinajstić information content (AvgIpc) is 3.09. The van der Waals surface area contributed by atoms with E-state index < -0.39 is 0 Å². The maximum absolute atomic E-state index is 12.1. The molecular formula is C12H15N5O3S. The Morgan fingerprint density at radius 3 is 2.67 bits per heavy atom. The molecule has 0 radical (unpaired) electrons. The topological polar surface area (TPSA) is 88.4 Å². The Hall–Kier alpha value is -1.90. The lowest BCUT2D eigenvalue weighted by atomic mass is 10.0. The molecule has 1 aromatic heterocycles. The van der Waals surface area contributed by atoms with Crippen molar-refractivity contribution in [2.45, 2.75) is 25.4 Å². The number of imide groups is 1. The summed E-state index contributed by atoms with van der Waals surface area (Å²) in [5, 5.41) is 3.75. The fourth-order valence-electron chi connectivity index (χ4n) is 2.64. The van der Waals surface area contributed by atoms with Gasteiger partial charge < -0.3 is 4.90 Å². The van der Waals surface area contributed by atoms with Gasteiger partial charge in [-0.25, -0.2) is 9.67 Å². The van der Waals surface area contributed by atoms with E-state index in [1.54, 1.807) is 4.90 Å². The van der Waals surface area contributed by atoms with Gasteiger partial charge in [0, 0.05) is 19.1 Å². The Morgan fingerprint density at radius 1 is 1.33 bits per heavy atom. The van der Waals surface area contributed by atoms with Gasteiger partial charge in [-0.3, -0.25) is 19.3 Å². The lowest BCUT2D eigenvalue weighted by molar-refractivity contribution is -0.134. The van der Waals surface area contributed by atoms with Crippen LogP contribution in [0.25, 0.3) is 0 Å². The van der Waals surface area contributed by atoms with E-state index in [-0.39, 0.29) is 35.4 Å². The second kappa shape index (κ2) is 5.84. The first-order valence-corrected chi connectivity index (χ1v) is 7.72. The number of hydrogen-bond donors (Lipinski definition) is 0. The first kappa shape index (κ1) is 14.1. The van der Waals surface area contributed by atoms with Crippen LogP contribution in [-0.4, -0.2) is 66.5 Å². The molecule has 0 atom stereocenters. The van der Waals surface area contributed by atoms with Gasteiger partial charge in [0.25, 0.3) is 5.24 Å². The van der Waals surface area contributed by atoms with Crippen molar-refractivity contribution in [3.8, 4) is 0 Å². The third-order valence-corrected chi connectivity index (χ3v) is 4.57. The third-order valence-electron chi connectivity index (χ3n) is 3.73. The SMILES string of the molecule is O=C(Cn1cncn1)N1CCC(N2C(=O)CSC2=O)CC1. The number of carbonyl (C=O) groups is 3. The van der Waals surface area contributed by atoms with Crippen LogP contribution in [0.1, 0.15) is 12.8 Å². The summed E-state index contributed by atoms with van der Waals surface area (Å²) >= 11 is 1.06. The van der Waals surface area contributed by atoms with Crippen LogP contribution in [0.15, 0.2) is 12.7 Å². The van der Waals surface area contributed by atoms with E-state index >= 15 is 0 Å². The lowest BCUT2D eigenvalue weighted by Crippen LogP contribution is -2.48. The Kier molecular flexibility index (Phi) is 3.91. The number of carbonyl (C=O) groups excluding carboxylic acids is 3. The number of likely N-dealkylation sites (tertiary alicyclic amines) is 1. The van der Waals surface area contributed by atoms with Gasteiger partial charge in [0.05, 0.1) is 5.75 Å². The lowest BCUT2D eigenvalue weighted by Gasteiger charge is -2.35. The van der Waals surface area contributed by atoms with Gasteiger partial charge in [0.2, 0.25) is 11.8 Å². The molecule has 1 aromatic rings. The molecule has 3 rings (SSSR count). The largest absolute Gasteiger partial charge is 0.341 e. The number of aromatic nitrogens is 3. The number of hydrogen-bond acceptors (Lipinski definition) is 6. The zero-order chi connectivity index (χ0) is 14.8. The maximum atomic E-state index is 12.1. The number of piperidine rings is 1. The highest BCUT2D eigenvalue weighted by atomic mass is 32.2. The van der Waals surface area contributed by atoms with Crippen molar-refractivity contribution in [2.24, 2.45) is 0 Å². The summed E-state index contributed by atoms with van der Waals surface area (Å²) in [7, 11) is 0. The van der Waals surface area contributed by atoms with Crippen molar-refractivity contribution in [1.82, 2.24) is 24.6 Å². The first-order valence-electron chi connectivity index (χ1n) is 6.74. The number of rotatable bonds is 3. The Labute approximate surface area is 125 Å². The van der Waals surface area contributed by atoms with E-state index in [2.05, 4.69) is 10.1 Å². The van der Waals surface area contributed by atoms with Gasteiger partial charge in [-0.2, -0.15) is 5.10 Å². The van der Waals surface area contributed by atoms with Gasteiger partial charge >= 0.3 is 0 Å². The summed E-state index contributed by atoms with van der Waals surface area (Å²) in [6.07, 6.45) is 4.17. The van der Waals surface area contributed by atoms with Crippen molar-refractivity contribution in [1.29, 1.82) is 0 Å². The minimum atomic E-state index is -0.160. The second-order valence-electron chi connectivity index (χ2n) is 5.02. The Balaban J connectivity index is 1.54. The highest BCUT2D eigenvalue weighted by Crippen LogP contribution is 2.26. The summed E-state index contributed by atoms with van der Waals surface area (Å²) < 4.78 is 1.48. The molecule has 0 aliphatic carbocycles. The van der Waals surface area contributed by atoms with Gasteiger partial charge in [0.15, 0.2) is 0 Å². The van der Waals surface area contributed by atoms with E-state index in [1.807, 2.05) is 0 Å². The summed E-state index contributed by atoms with van der Waals surface area (Å²) in [5.41, 5.74) is 0. The Bertz CT molecular complexity index is 537. The van der Waals surface area contributed by atoms with Gasteiger partial charge in [-0.15, -0.1) is 0 Å². The molecule has 0 unspecified atom stereocenters. The quantitative estimate of drug-likeness (QED) is 0.779. The predicted molar refractivity (Wildman–Crippen MR) is 74.3 cm³/mol. The smallest absolute Gasteiger partial charge is 0.289 e. The molecule has 21 heavy (non-hydrogen) atoms. The monoisotopic (exact) mass is 309 g/mol. The molecule has 2 aliphatic rings. The van der Waals surface area contributed by atoms with Crippen LogP contribution in [-0.2, 0) is 16.1 Å². The van der Waals surface area contributed by atoms with Crippen LogP contribution in [0.5, 0.6) is 0 Å². The van der Waals surface area contributed by atoms with Crippen LogP contribution in [0.3, 0.4) is 0 Å². The van der Waals surface area contributed by atoms with Crippen molar-refractivity contribution < 1.29 is 14.4 Å². The van der Waals surface area contributed by atoms with Gasteiger partial charge in [-0.1, -0.05) is 11.8 Å². The molecule has 9 heteroatoms. The zero-order valence-electron chi connectivity index (χ0n) is 11.3. The molecule has 0 spiro atoms. The van der Waals surface area contributed by atoms with E-state index in [0.717, 1.165) is 11.8 Å². The highest BCUT2D eigenvalue weighted by Gasteiger charge is 2.37. The summed E-state index contributed by atoms with van der Waals surface area (Å²) in [6, 6.07) is -0.0737. The van der Waals surface area contributed by atoms with Gasteiger partial charge in [0.1, 0.15) is 19.2 Å². The van der Waals surface area contributed by atoms with Crippen LogP contribution in [0.4, 0.5) is 4.79 Å². The molecule has 2 saturated heterocycles. The number of nitrogens with zero attached hydrogens (tertiary/aromatic N) is 5. The molecule has 0 saturated carbocycles. The zero-order valence-corrected chi connectivity index (χ0v) is 12.2. The average molecular weight is 309 g/mol. The summed E-state index contributed by atoms with van der Waals surface area (Å²) in [4.78, 5) is 42.4. The maximum Gasteiger partial charge on any atom is 0.289 e. The summed E-state index contributed by atoms with van der Waals surface area (Å²) in [5.74, 6) is 0.106. The third kappa shape index (κ3) is 2.92. The normalized spacial score (nSPS) is 20.4. The predicted octanol–water partition coefficient (Wildman–Crippen LogP) is -0.0355. The minimum Gasteiger partial charge on any atom is -0.341 e. The molecule has 3 heterocycles. The minimum absolute atomic E-state index is 0.0209. The molecular weight excluding hydrogens is 294 g/mol.